The van der Waals surface area contributed by atoms with Gasteiger partial charge in [0.25, 0.3) is 0 Å². The Balaban J connectivity index is 1.29. The maximum atomic E-state index is 5.43. The van der Waals surface area contributed by atoms with E-state index in [9.17, 15) is 0 Å². The summed E-state index contributed by atoms with van der Waals surface area (Å²) in [6.07, 6.45) is 4.75. The van der Waals surface area contributed by atoms with Crippen molar-refractivity contribution in [2.75, 3.05) is 38.0 Å². The van der Waals surface area contributed by atoms with Crippen molar-refractivity contribution in [2.24, 2.45) is 5.92 Å². The number of hydrogen-bond acceptors (Lipinski definition) is 6. The Kier molecular flexibility index (Phi) is 7.33. The number of nitrogens with zero attached hydrogens (tertiary/aromatic N) is 3. The number of nitrogens with one attached hydrogen (secondary N) is 2. The van der Waals surface area contributed by atoms with E-state index in [-0.39, 0.29) is 0 Å². The Hall–Kier alpha value is -2.86. The van der Waals surface area contributed by atoms with Crippen LogP contribution in [0.1, 0.15) is 42.4 Å². The third-order valence-electron chi connectivity index (χ3n) is 7.00. The van der Waals surface area contributed by atoms with Crippen LogP contribution in [0.4, 0.5) is 11.8 Å². The van der Waals surface area contributed by atoms with E-state index >= 15 is 0 Å². The summed E-state index contributed by atoms with van der Waals surface area (Å²) >= 11 is 0. The second-order valence-electron chi connectivity index (χ2n) is 9.45. The van der Waals surface area contributed by atoms with E-state index in [1.807, 2.05) is 26.2 Å². The van der Waals surface area contributed by atoms with Crippen LogP contribution in [0.5, 0.6) is 5.75 Å². The zero-order valence-corrected chi connectivity index (χ0v) is 20.6. The average Bonchev–Trinajstić information content (AvgIpc) is 2.82. The lowest BCUT2D eigenvalue weighted by Gasteiger charge is -2.29. The molecule has 3 aromatic rings. The van der Waals surface area contributed by atoms with Crippen molar-refractivity contribution in [1.29, 1.82) is 0 Å². The van der Waals surface area contributed by atoms with E-state index in [4.69, 9.17) is 14.7 Å². The van der Waals surface area contributed by atoms with Crippen molar-refractivity contribution >= 4 is 22.7 Å². The van der Waals surface area contributed by atoms with Gasteiger partial charge < -0.3 is 20.3 Å². The molecule has 1 aliphatic rings. The SMILES string of the molecule is COc1ccc(CNCC2CCC(Nc3nc(N(C)C)c4ccccc4n3)CC2)c(C)c1C. The molecule has 0 atom stereocenters. The lowest BCUT2D eigenvalue weighted by Crippen LogP contribution is -2.31. The third kappa shape index (κ3) is 5.38. The smallest absolute Gasteiger partial charge is 0.225 e. The first-order chi connectivity index (χ1) is 16.0. The first-order valence-electron chi connectivity index (χ1n) is 12.0. The van der Waals surface area contributed by atoms with Crippen LogP contribution in [0.15, 0.2) is 36.4 Å². The second-order valence-corrected chi connectivity index (χ2v) is 9.45. The molecule has 0 unspecified atom stereocenters. The summed E-state index contributed by atoms with van der Waals surface area (Å²) in [6, 6.07) is 12.9. The molecule has 0 radical (unpaired) electrons. The minimum Gasteiger partial charge on any atom is -0.496 e. The van der Waals surface area contributed by atoms with Gasteiger partial charge in [-0.3, -0.25) is 0 Å². The van der Waals surface area contributed by atoms with Crippen molar-refractivity contribution in [3.63, 3.8) is 0 Å². The molecular weight excluding hydrogens is 410 g/mol. The van der Waals surface area contributed by atoms with Gasteiger partial charge in [0.05, 0.1) is 12.6 Å². The van der Waals surface area contributed by atoms with E-state index in [2.05, 4.69) is 53.6 Å². The third-order valence-corrected chi connectivity index (χ3v) is 7.00. The maximum Gasteiger partial charge on any atom is 0.225 e. The highest BCUT2D eigenvalue weighted by Gasteiger charge is 2.22. The number of rotatable bonds is 8. The van der Waals surface area contributed by atoms with Gasteiger partial charge in [0, 0.05) is 32.1 Å². The van der Waals surface area contributed by atoms with Gasteiger partial charge in [0.2, 0.25) is 5.95 Å². The van der Waals surface area contributed by atoms with Gasteiger partial charge in [-0.15, -0.1) is 0 Å². The number of fused-ring (bicyclic) bond motifs is 1. The fourth-order valence-corrected chi connectivity index (χ4v) is 4.83. The fraction of sp³-hybridized carbons (Fsp3) is 0.481. The minimum atomic E-state index is 0.434. The highest BCUT2D eigenvalue weighted by atomic mass is 16.5. The molecule has 1 heterocycles. The van der Waals surface area contributed by atoms with Crippen molar-refractivity contribution in [1.82, 2.24) is 15.3 Å². The Bertz CT molecular complexity index is 1090. The van der Waals surface area contributed by atoms with Gasteiger partial charge >= 0.3 is 0 Å². The predicted octanol–water partition coefficient (Wildman–Crippen LogP) is 5.08. The van der Waals surface area contributed by atoms with Crippen LogP contribution < -0.4 is 20.3 Å². The molecule has 33 heavy (non-hydrogen) atoms. The van der Waals surface area contributed by atoms with E-state index in [0.29, 0.717) is 6.04 Å². The van der Waals surface area contributed by atoms with Gasteiger partial charge in [-0.2, -0.15) is 4.98 Å². The molecule has 0 saturated heterocycles. The molecule has 0 spiro atoms. The van der Waals surface area contributed by atoms with Crippen LogP contribution in [-0.2, 0) is 6.54 Å². The summed E-state index contributed by atoms with van der Waals surface area (Å²) in [4.78, 5) is 11.6. The lowest BCUT2D eigenvalue weighted by molar-refractivity contribution is 0.323. The molecule has 0 aliphatic heterocycles. The highest BCUT2D eigenvalue weighted by Crippen LogP contribution is 2.29. The van der Waals surface area contributed by atoms with E-state index < -0.39 is 0 Å². The van der Waals surface area contributed by atoms with Crippen LogP contribution in [0.25, 0.3) is 10.9 Å². The molecule has 4 rings (SSSR count). The number of para-hydroxylation sites is 1. The zero-order valence-electron chi connectivity index (χ0n) is 20.6. The van der Waals surface area contributed by atoms with E-state index in [0.717, 1.165) is 60.3 Å². The summed E-state index contributed by atoms with van der Waals surface area (Å²) in [5, 5.41) is 8.39. The Labute approximate surface area is 197 Å². The molecular formula is C27H37N5O. The second kappa shape index (κ2) is 10.4. The van der Waals surface area contributed by atoms with Gasteiger partial charge in [0.15, 0.2) is 0 Å². The predicted molar refractivity (Wildman–Crippen MR) is 137 cm³/mol. The molecule has 0 bridgehead atoms. The normalized spacial score (nSPS) is 18.3. The molecule has 2 N–H and O–H groups in total. The summed E-state index contributed by atoms with van der Waals surface area (Å²) in [6.45, 7) is 6.29. The van der Waals surface area contributed by atoms with Gasteiger partial charge in [-0.05, 0) is 86.9 Å². The summed E-state index contributed by atoms with van der Waals surface area (Å²) in [7, 11) is 5.80. The fourth-order valence-electron chi connectivity index (χ4n) is 4.83. The first kappa shape index (κ1) is 23.3. The van der Waals surface area contributed by atoms with Crippen LogP contribution >= 0.6 is 0 Å². The van der Waals surface area contributed by atoms with Crippen LogP contribution in [0.3, 0.4) is 0 Å². The van der Waals surface area contributed by atoms with Crippen LogP contribution in [0, 0.1) is 19.8 Å². The van der Waals surface area contributed by atoms with Crippen molar-refractivity contribution in [3.8, 4) is 5.75 Å². The van der Waals surface area contributed by atoms with Gasteiger partial charge in [0.1, 0.15) is 11.6 Å². The quantitative estimate of drug-likeness (QED) is 0.502. The molecule has 176 valence electrons. The molecule has 0 amide bonds. The van der Waals surface area contributed by atoms with Crippen molar-refractivity contribution in [2.45, 2.75) is 52.1 Å². The van der Waals surface area contributed by atoms with Crippen molar-refractivity contribution < 1.29 is 4.74 Å². The Morgan fingerprint density at radius 2 is 1.73 bits per heavy atom. The minimum absolute atomic E-state index is 0.434. The largest absolute Gasteiger partial charge is 0.496 e. The van der Waals surface area contributed by atoms with E-state index in [1.165, 1.54) is 29.5 Å². The molecule has 1 aromatic heterocycles. The number of hydrogen-bond donors (Lipinski definition) is 2. The lowest BCUT2D eigenvalue weighted by atomic mass is 9.86. The zero-order chi connectivity index (χ0) is 23.4. The van der Waals surface area contributed by atoms with Gasteiger partial charge in [-0.25, -0.2) is 4.98 Å². The Morgan fingerprint density at radius 1 is 0.970 bits per heavy atom. The number of benzene rings is 2. The molecule has 6 heteroatoms. The molecule has 2 aromatic carbocycles. The standard InChI is InChI=1S/C27H37N5O/c1-18-19(2)25(33-5)15-12-21(18)17-28-16-20-10-13-22(14-11-20)29-27-30-24-9-7-6-8-23(24)26(31-27)32(3)4/h6-9,12,15,20,22,28H,10-11,13-14,16-17H2,1-5H3,(H,29,30,31). The Morgan fingerprint density at radius 3 is 2.45 bits per heavy atom. The number of methoxy groups -OCH3 is 1. The number of ether oxygens (including phenoxy) is 1. The van der Waals surface area contributed by atoms with Gasteiger partial charge in [-0.1, -0.05) is 18.2 Å². The topological polar surface area (TPSA) is 62.3 Å². The number of anilines is 2. The van der Waals surface area contributed by atoms with E-state index in [1.54, 1.807) is 7.11 Å². The molecule has 6 nitrogen and oxygen atoms in total. The van der Waals surface area contributed by atoms with Crippen LogP contribution in [-0.4, -0.2) is 43.8 Å². The molecule has 1 aliphatic carbocycles. The first-order valence-corrected chi connectivity index (χ1v) is 12.0. The highest BCUT2D eigenvalue weighted by molar-refractivity contribution is 5.90. The van der Waals surface area contributed by atoms with Crippen LogP contribution in [0.2, 0.25) is 0 Å². The molecule has 1 saturated carbocycles. The van der Waals surface area contributed by atoms with Crippen molar-refractivity contribution in [3.05, 3.63) is 53.1 Å². The average molecular weight is 448 g/mol. The monoisotopic (exact) mass is 447 g/mol. The summed E-state index contributed by atoms with van der Waals surface area (Å²) in [5.41, 5.74) is 4.90. The number of aromatic nitrogens is 2. The summed E-state index contributed by atoms with van der Waals surface area (Å²) in [5.74, 6) is 3.39. The summed E-state index contributed by atoms with van der Waals surface area (Å²) < 4.78 is 5.43. The molecule has 1 fully saturated rings. The maximum absolute atomic E-state index is 5.43.